The van der Waals surface area contributed by atoms with Crippen molar-refractivity contribution >= 4 is 5.82 Å². The predicted molar refractivity (Wildman–Crippen MR) is 78.7 cm³/mol. The van der Waals surface area contributed by atoms with Crippen LogP contribution in [0.4, 0.5) is 5.82 Å². The molecule has 2 aliphatic heterocycles. The Labute approximate surface area is 120 Å². The molecule has 0 amide bonds. The molecule has 1 aromatic rings. The van der Waals surface area contributed by atoms with Crippen molar-refractivity contribution in [1.82, 2.24) is 20.4 Å². The van der Waals surface area contributed by atoms with E-state index in [-0.39, 0.29) is 0 Å². The summed E-state index contributed by atoms with van der Waals surface area (Å²) in [5.41, 5.74) is 1.06. The molecule has 1 saturated carbocycles. The summed E-state index contributed by atoms with van der Waals surface area (Å²) in [7, 11) is 0. The summed E-state index contributed by atoms with van der Waals surface area (Å²) in [6, 6.07) is 5.73. The molecular weight excluding hydrogens is 250 g/mol. The number of piperazine rings is 1. The van der Waals surface area contributed by atoms with Gasteiger partial charge in [-0.25, -0.2) is 0 Å². The van der Waals surface area contributed by atoms with E-state index in [1.807, 2.05) is 0 Å². The standard InChI is InChI=1S/C15H23N5/c1-2-14-11-20(9-8-19(14)7-1)15-6-5-13(17-18-15)10-16-12-3-4-12/h5-6,12,14,16H,1-4,7-11H2. The van der Waals surface area contributed by atoms with Gasteiger partial charge in [0.05, 0.1) is 5.69 Å². The minimum atomic E-state index is 0.729. The molecule has 5 heteroatoms. The van der Waals surface area contributed by atoms with Crippen molar-refractivity contribution in [3.63, 3.8) is 0 Å². The Morgan fingerprint density at radius 1 is 1.10 bits per heavy atom. The van der Waals surface area contributed by atoms with Crippen LogP contribution < -0.4 is 10.2 Å². The molecule has 3 aliphatic rings. The Balaban J connectivity index is 1.37. The highest BCUT2D eigenvalue weighted by Gasteiger charge is 2.31. The molecule has 3 fully saturated rings. The quantitative estimate of drug-likeness (QED) is 0.887. The number of hydrogen-bond donors (Lipinski definition) is 1. The van der Waals surface area contributed by atoms with Crippen LogP contribution in [0.1, 0.15) is 31.4 Å². The fourth-order valence-electron chi connectivity index (χ4n) is 3.35. The highest BCUT2D eigenvalue weighted by atomic mass is 15.3. The van der Waals surface area contributed by atoms with Gasteiger partial charge in [-0.2, -0.15) is 5.10 Å². The van der Waals surface area contributed by atoms with Crippen molar-refractivity contribution in [2.45, 2.75) is 44.3 Å². The first-order valence-electron chi connectivity index (χ1n) is 7.93. The normalized spacial score (nSPS) is 26.8. The Bertz CT molecular complexity index is 456. The molecule has 2 saturated heterocycles. The maximum absolute atomic E-state index is 4.43. The third-order valence-corrected chi connectivity index (χ3v) is 4.77. The Morgan fingerprint density at radius 2 is 2.05 bits per heavy atom. The molecule has 1 unspecified atom stereocenters. The molecule has 1 N–H and O–H groups in total. The molecule has 1 aliphatic carbocycles. The fraction of sp³-hybridized carbons (Fsp3) is 0.733. The lowest BCUT2D eigenvalue weighted by atomic mass is 10.1. The topological polar surface area (TPSA) is 44.3 Å². The number of aromatic nitrogens is 2. The highest BCUT2D eigenvalue weighted by Crippen LogP contribution is 2.24. The van der Waals surface area contributed by atoms with Crippen molar-refractivity contribution in [3.05, 3.63) is 17.8 Å². The minimum absolute atomic E-state index is 0.729. The Hall–Kier alpha value is -1.20. The van der Waals surface area contributed by atoms with Crippen LogP contribution in [0.2, 0.25) is 0 Å². The van der Waals surface area contributed by atoms with Crippen LogP contribution in [0, 0.1) is 0 Å². The minimum Gasteiger partial charge on any atom is -0.352 e. The van der Waals surface area contributed by atoms with Crippen LogP contribution >= 0.6 is 0 Å². The lowest BCUT2D eigenvalue weighted by Gasteiger charge is -2.37. The first kappa shape index (κ1) is 12.5. The molecule has 0 radical (unpaired) electrons. The summed E-state index contributed by atoms with van der Waals surface area (Å²) in [6.07, 6.45) is 5.33. The fourth-order valence-corrected chi connectivity index (χ4v) is 3.35. The summed E-state index contributed by atoms with van der Waals surface area (Å²) in [6.45, 7) is 5.53. The maximum Gasteiger partial charge on any atom is 0.151 e. The third kappa shape index (κ3) is 2.65. The number of fused-ring (bicyclic) bond motifs is 1. The smallest absolute Gasteiger partial charge is 0.151 e. The average molecular weight is 273 g/mol. The van der Waals surface area contributed by atoms with Crippen LogP contribution in [0.5, 0.6) is 0 Å². The molecule has 4 rings (SSSR count). The van der Waals surface area contributed by atoms with Gasteiger partial charge in [-0.15, -0.1) is 5.10 Å². The largest absolute Gasteiger partial charge is 0.352 e. The molecule has 0 spiro atoms. The van der Waals surface area contributed by atoms with Crippen LogP contribution in [-0.2, 0) is 6.54 Å². The lowest BCUT2D eigenvalue weighted by molar-refractivity contribution is 0.230. The highest BCUT2D eigenvalue weighted by molar-refractivity contribution is 5.38. The van der Waals surface area contributed by atoms with Crippen molar-refractivity contribution < 1.29 is 0 Å². The number of anilines is 1. The zero-order valence-corrected chi connectivity index (χ0v) is 12.0. The molecule has 5 nitrogen and oxygen atoms in total. The van der Waals surface area contributed by atoms with Gasteiger partial charge in [0.25, 0.3) is 0 Å². The van der Waals surface area contributed by atoms with Gasteiger partial charge in [0, 0.05) is 38.3 Å². The van der Waals surface area contributed by atoms with Crippen LogP contribution in [-0.4, -0.2) is 53.4 Å². The van der Waals surface area contributed by atoms with Gasteiger partial charge in [0.2, 0.25) is 0 Å². The molecular formula is C15H23N5. The van der Waals surface area contributed by atoms with E-state index in [1.54, 1.807) is 0 Å². The van der Waals surface area contributed by atoms with E-state index in [2.05, 4.69) is 37.4 Å². The number of rotatable bonds is 4. The van der Waals surface area contributed by atoms with Gasteiger partial charge in [-0.3, -0.25) is 4.90 Å². The van der Waals surface area contributed by atoms with Gasteiger partial charge in [0.1, 0.15) is 0 Å². The summed E-state index contributed by atoms with van der Waals surface area (Å²) in [5.74, 6) is 1.05. The van der Waals surface area contributed by atoms with Crippen molar-refractivity contribution in [1.29, 1.82) is 0 Å². The molecule has 0 bridgehead atoms. The summed E-state index contributed by atoms with van der Waals surface area (Å²) >= 11 is 0. The Morgan fingerprint density at radius 3 is 2.85 bits per heavy atom. The number of nitrogens with zero attached hydrogens (tertiary/aromatic N) is 4. The maximum atomic E-state index is 4.43. The van der Waals surface area contributed by atoms with Gasteiger partial charge < -0.3 is 10.2 Å². The van der Waals surface area contributed by atoms with E-state index in [1.165, 1.54) is 38.8 Å². The molecule has 20 heavy (non-hydrogen) atoms. The van der Waals surface area contributed by atoms with E-state index in [4.69, 9.17) is 0 Å². The first-order chi connectivity index (χ1) is 9.88. The zero-order valence-electron chi connectivity index (χ0n) is 12.0. The zero-order chi connectivity index (χ0) is 13.4. The van der Waals surface area contributed by atoms with Gasteiger partial charge in [0.15, 0.2) is 5.82 Å². The van der Waals surface area contributed by atoms with E-state index in [9.17, 15) is 0 Å². The second-order valence-corrected chi connectivity index (χ2v) is 6.32. The third-order valence-electron chi connectivity index (χ3n) is 4.77. The van der Waals surface area contributed by atoms with Gasteiger partial charge in [-0.1, -0.05) is 0 Å². The second-order valence-electron chi connectivity index (χ2n) is 6.32. The second kappa shape index (κ2) is 5.30. The number of hydrogen-bond acceptors (Lipinski definition) is 5. The van der Waals surface area contributed by atoms with Crippen molar-refractivity contribution in [3.8, 4) is 0 Å². The molecule has 1 aromatic heterocycles. The van der Waals surface area contributed by atoms with Gasteiger partial charge in [-0.05, 0) is 44.4 Å². The predicted octanol–water partition coefficient (Wildman–Crippen LogP) is 1.01. The lowest BCUT2D eigenvalue weighted by Crippen LogP contribution is -2.50. The molecule has 1 atom stereocenters. The van der Waals surface area contributed by atoms with E-state index in [0.717, 1.165) is 43.2 Å². The first-order valence-corrected chi connectivity index (χ1v) is 7.93. The average Bonchev–Trinajstić information content (AvgIpc) is 3.21. The molecule has 108 valence electrons. The van der Waals surface area contributed by atoms with Crippen LogP contribution in [0.25, 0.3) is 0 Å². The summed E-state index contributed by atoms with van der Waals surface area (Å²) in [5, 5.41) is 12.3. The molecule has 0 aromatic carbocycles. The van der Waals surface area contributed by atoms with E-state index >= 15 is 0 Å². The van der Waals surface area contributed by atoms with E-state index in [0.29, 0.717) is 0 Å². The van der Waals surface area contributed by atoms with Crippen LogP contribution in [0.15, 0.2) is 12.1 Å². The van der Waals surface area contributed by atoms with Crippen LogP contribution in [0.3, 0.4) is 0 Å². The van der Waals surface area contributed by atoms with Crippen molar-refractivity contribution in [2.75, 3.05) is 31.1 Å². The number of nitrogens with one attached hydrogen (secondary N) is 1. The van der Waals surface area contributed by atoms with Gasteiger partial charge >= 0.3 is 0 Å². The van der Waals surface area contributed by atoms with Crippen molar-refractivity contribution in [2.24, 2.45) is 0 Å². The SMILES string of the molecule is c1cc(N2CCN3CCCC3C2)nnc1CNC1CC1. The monoisotopic (exact) mass is 273 g/mol. The Kier molecular flexibility index (Phi) is 3.32. The summed E-state index contributed by atoms with van der Waals surface area (Å²) < 4.78 is 0. The van der Waals surface area contributed by atoms with E-state index < -0.39 is 0 Å². The molecule has 3 heterocycles. The summed E-state index contributed by atoms with van der Waals surface area (Å²) in [4.78, 5) is 5.02.